The van der Waals surface area contributed by atoms with Crippen LogP contribution in [0, 0.1) is 5.92 Å². The van der Waals surface area contributed by atoms with Crippen molar-refractivity contribution in [3.05, 3.63) is 48.7 Å². The highest BCUT2D eigenvalue weighted by Crippen LogP contribution is 2.50. The third-order valence-electron chi connectivity index (χ3n) is 6.40. The van der Waals surface area contributed by atoms with Crippen molar-refractivity contribution in [2.24, 2.45) is 5.92 Å². The molecule has 26 heavy (non-hydrogen) atoms. The lowest BCUT2D eigenvalue weighted by molar-refractivity contribution is -0.0996. The van der Waals surface area contributed by atoms with Gasteiger partial charge in [0.05, 0.1) is 24.3 Å². The van der Waals surface area contributed by atoms with Crippen molar-refractivity contribution >= 4 is 10.9 Å². The third-order valence-corrected chi connectivity index (χ3v) is 6.40. The molecule has 2 heterocycles. The second-order valence-corrected chi connectivity index (χ2v) is 7.57. The Morgan fingerprint density at radius 2 is 2.23 bits per heavy atom. The molecule has 0 bridgehead atoms. The predicted molar refractivity (Wildman–Crippen MR) is 101 cm³/mol. The topological polar surface area (TPSA) is 65.8 Å². The fraction of sp³-hybridized carbons (Fsp3) is 0.476. The molecule has 1 aliphatic carbocycles. The Morgan fingerprint density at radius 1 is 1.42 bits per heavy atom. The molecule has 1 aromatic heterocycles. The van der Waals surface area contributed by atoms with Gasteiger partial charge < -0.3 is 14.9 Å². The highest BCUT2D eigenvalue weighted by molar-refractivity contribution is 5.83. The third kappa shape index (κ3) is 2.54. The molecule has 1 saturated carbocycles. The van der Waals surface area contributed by atoms with Gasteiger partial charge in [0.2, 0.25) is 0 Å². The minimum Gasteiger partial charge on any atom is -0.497 e. The lowest BCUT2D eigenvalue weighted by atomic mass is 9.65. The Balaban J connectivity index is 1.61. The van der Waals surface area contributed by atoms with Crippen LogP contribution in [0.15, 0.2) is 43.1 Å². The van der Waals surface area contributed by atoms with Gasteiger partial charge in [0.25, 0.3) is 0 Å². The van der Waals surface area contributed by atoms with Gasteiger partial charge in [-0.25, -0.2) is 0 Å². The average molecular weight is 354 g/mol. The van der Waals surface area contributed by atoms with Gasteiger partial charge in [-0.2, -0.15) is 0 Å². The maximum atomic E-state index is 11.1. The molecule has 2 aliphatic rings. The number of methoxy groups -OCH3 is 1. The van der Waals surface area contributed by atoms with Crippen molar-refractivity contribution in [2.45, 2.75) is 43.6 Å². The van der Waals surface area contributed by atoms with E-state index in [1.165, 1.54) is 0 Å². The Bertz CT molecular complexity index is 839. The van der Waals surface area contributed by atoms with Gasteiger partial charge in [-0.05, 0) is 56.1 Å². The number of hydrogen-bond donors (Lipinski definition) is 2. The number of rotatable bonds is 5. The summed E-state index contributed by atoms with van der Waals surface area (Å²) in [6.07, 6.45) is 4.43. The number of benzene rings is 1. The molecule has 5 nitrogen and oxygen atoms in total. The summed E-state index contributed by atoms with van der Waals surface area (Å²) in [6.45, 7) is 6.73. The number of likely N-dealkylation sites (tertiary alicyclic amines) is 1. The van der Waals surface area contributed by atoms with E-state index >= 15 is 0 Å². The molecule has 2 N–H and O–H groups in total. The molecule has 3 unspecified atom stereocenters. The first-order valence-electron chi connectivity index (χ1n) is 9.21. The summed E-state index contributed by atoms with van der Waals surface area (Å²) in [5, 5.41) is 22.6. The first-order valence-corrected chi connectivity index (χ1v) is 9.21. The summed E-state index contributed by atoms with van der Waals surface area (Å²) in [6, 6.07) is 7.88. The zero-order valence-electron chi connectivity index (χ0n) is 15.3. The van der Waals surface area contributed by atoms with Crippen LogP contribution in [0.3, 0.4) is 0 Å². The van der Waals surface area contributed by atoms with Gasteiger partial charge in [-0.15, -0.1) is 6.58 Å². The summed E-state index contributed by atoms with van der Waals surface area (Å²) in [5.74, 6) is 0.979. The van der Waals surface area contributed by atoms with E-state index in [1.54, 1.807) is 19.4 Å². The first-order chi connectivity index (χ1) is 12.5. The summed E-state index contributed by atoms with van der Waals surface area (Å²) < 4.78 is 5.34. The number of aliphatic hydroxyl groups excluding tert-OH is 1. The summed E-state index contributed by atoms with van der Waals surface area (Å²) in [7, 11) is 1.64. The summed E-state index contributed by atoms with van der Waals surface area (Å²) in [5.41, 5.74) is 0.975. The fourth-order valence-corrected chi connectivity index (χ4v) is 4.76. The molecule has 2 aromatic rings. The highest BCUT2D eigenvalue weighted by atomic mass is 16.5. The van der Waals surface area contributed by atoms with Crippen LogP contribution >= 0.6 is 0 Å². The van der Waals surface area contributed by atoms with Crippen LogP contribution < -0.4 is 4.74 Å². The second-order valence-electron chi connectivity index (χ2n) is 7.57. The Hall–Kier alpha value is -1.95. The maximum Gasteiger partial charge on any atom is 0.119 e. The summed E-state index contributed by atoms with van der Waals surface area (Å²) >= 11 is 0. The molecule has 0 radical (unpaired) electrons. The molecule has 138 valence electrons. The van der Waals surface area contributed by atoms with Crippen LogP contribution in [-0.4, -0.2) is 51.4 Å². The van der Waals surface area contributed by atoms with Gasteiger partial charge in [0.15, 0.2) is 0 Å². The molecule has 0 spiro atoms. The number of fused-ring (bicyclic) bond motifs is 2. The van der Waals surface area contributed by atoms with Gasteiger partial charge in [-0.1, -0.05) is 6.08 Å². The van der Waals surface area contributed by atoms with Crippen LogP contribution in [-0.2, 0) is 0 Å². The van der Waals surface area contributed by atoms with Crippen molar-refractivity contribution in [1.82, 2.24) is 9.88 Å². The minimum absolute atomic E-state index is 0.0452. The van der Waals surface area contributed by atoms with Crippen LogP contribution in [0.1, 0.15) is 31.4 Å². The van der Waals surface area contributed by atoms with Crippen molar-refractivity contribution in [1.29, 1.82) is 0 Å². The lowest BCUT2D eigenvalue weighted by Crippen LogP contribution is -2.59. The number of aliphatic hydroxyl groups is 2. The quantitative estimate of drug-likeness (QED) is 0.808. The molecular formula is C21H26N2O3. The molecule has 1 aliphatic heterocycles. The largest absolute Gasteiger partial charge is 0.497 e. The van der Waals surface area contributed by atoms with Crippen LogP contribution in [0.4, 0.5) is 0 Å². The van der Waals surface area contributed by atoms with Gasteiger partial charge >= 0.3 is 0 Å². The van der Waals surface area contributed by atoms with E-state index in [0.29, 0.717) is 12.5 Å². The van der Waals surface area contributed by atoms with E-state index in [-0.39, 0.29) is 12.0 Å². The Morgan fingerprint density at radius 3 is 2.96 bits per heavy atom. The fourth-order valence-electron chi connectivity index (χ4n) is 4.76. The van der Waals surface area contributed by atoms with Crippen LogP contribution in [0.5, 0.6) is 5.75 Å². The smallest absolute Gasteiger partial charge is 0.119 e. The number of nitrogens with zero attached hydrogens (tertiary/aromatic N) is 2. The standard InChI is InChI=1S/C21H26N2O3/c1-4-21(25)12-19-17(21)8-10-23(19)13(2)20(24)15-7-9-22-18-6-5-14(26-3)11-16(15)18/h4-7,9,11,13,17,19-20,24-25H,1,8,10,12H2,2-3H3/t13-,17?,19?,20-,21?/m0/s1. The van der Waals surface area contributed by atoms with Crippen molar-refractivity contribution in [3.8, 4) is 5.75 Å². The van der Waals surface area contributed by atoms with E-state index in [2.05, 4.69) is 23.4 Å². The maximum absolute atomic E-state index is 11.1. The number of aromatic nitrogens is 1. The molecule has 5 heteroatoms. The van der Waals surface area contributed by atoms with Gasteiger partial charge in [0.1, 0.15) is 5.75 Å². The van der Waals surface area contributed by atoms with Crippen molar-refractivity contribution in [3.63, 3.8) is 0 Å². The van der Waals surface area contributed by atoms with E-state index in [4.69, 9.17) is 4.74 Å². The molecule has 2 fully saturated rings. The molecule has 5 atom stereocenters. The Kier molecular flexibility index (Phi) is 4.26. The zero-order valence-corrected chi connectivity index (χ0v) is 15.3. The number of pyridine rings is 1. The number of hydrogen-bond acceptors (Lipinski definition) is 5. The zero-order chi connectivity index (χ0) is 18.5. The molecule has 1 aromatic carbocycles. The molecule has 1 saturated heterocycles. The van der Waals surface area contributed by atoms with E-state index in [1.807, 2.05) is 24.3 Å². The first kappa shape index (κ1) is 17.5. The SMILES string of the molecule is C=CC1(O)CC2C1CCN2[C@@H](C)[C@H](O)c1ccnc2ccc(OC)cc12. The predicted octanol–water partition coefficient (Wildman–Crippen LogP) is 2.68. The van der Waals surface area contributed by atoms with Crippen LogP contribution in [0.25, 0.3) is 10.9 Å². The van der Waals surface area contributed by atoms with Gasteiger partial charge in [0, 0.05) is 29.6 Å². The van der Waals surface area contributed by atoms with E-state index in [0.717, 1.165) is 35.2 Å². The minimum atomic E-state index is -0.735. The average Bonchev–Trinajstić information content (AvgIpc) is 3.03. The van der Waals surface area contributed by atoms with E-state index < -0.39 is 11.7 Å². The van der Waals surface area contributed by atoms with Crippen LogP contribution in [0.2, 0.25) is 0 Å². The lowest BCUT2D eigenvalue weighted by Gasteiger charge is -2.50. The normalized spacial score (nSPS) is 30.5. The summed E-state index contributed by atoms with van der Waals surface area (Å²) in [4.78, 5) is 6.73. The van der Waals surface area contributed by atoms with Crippen molar-refractivity contribution < 1.29 is 14.9 Å². The van der Waals surface area contributed by atoms with Crippen molar-refractivity contribution in [2.75, 3.05) is 13.7 Å². The number of ether oxygens (including phenoxy) is 1. The molecular weight excluding hydrogens is 328 g/mol. The highest BCUT2D eigenvalue weighted by Gasteiger charge is 2.57. The monoisotopic (exact) mass is 354 g/mol. The molecule has 4 rings (SSSR count). The molecule has 0 amide bonds. The van der Waals surface area contributed by atoms with E-state index in [9.17, 15) is 10.2 Å². The second kappa shape index (κ2) is 6.34. The Labute approximate surface area is 153 Å². The van der Waals surface area contributed by atoms with Gasteiger partial charge in [-0.3, -0.25) is 9.88 Å².